The first-order valence-electron chi connectivity index (χ1n) is 7.40. The van der Waals surface area contributed by atoms with Crippen molar-refractivity contribution in [3.05, 3.63) is 59.7 Å². The van der Waals surface area contributed by atoms with E-state index in [1.807, 2.05) is 0 Å². The Labute approximate surface area is 118 Å². The van der Waals surface area contributed by atoms with Gasteiger partial charge in [0.2, 0.25) is 0 Å². The number of allylic oxidation sites excluding steroid dienone is 3. The summed E-state index contributed by atoms with van der Waals surface area (Å²) in [5.41, 5.74) is 5.36. The summed E-state index contributed by atoms with van der Waals surface area (Å²) in [6.45, 7) is 0. The van der Waals surface area contributed by atoms with E-state index in [0.717, 1.165) is 12.1 Å². The highest BCUT2D eigenvalue weighted by Gasteiger charge is 2.44. The molecule has 5 rings (SSSR count). The van der Waals surface area contributed by atoms with E-state index < -0.39 is 0 Å². The van der Waals surface area contributed by atoms with Crippen LogP contribution in [0.2, 0.25) is 0 Å². The van der Waals surface area contributed by atoms with E-state index in [1.165, 1.54) is 16.8 Å². The maximum Gasteiger partial charge on any atom is 0.0681 e. The number of aliphatic imine (C=N–C) groups is 1. The van der Waals surface area contributed by atoms with Gasteiger partial charge in [-0.3, -0.25) is 4.99 Å². The largest absolute Gasteiger partial charge is 0.380 e. The molecule has 20 heavy (non-hydrogen) atoms. The Kier molecular flexibility index (Phi) is 1.99. The van der Waals surface area contributed by atoms with Gasteiger partial charge in [0.05, 0.1) is 5.69 Å². The fraction of sp³-hybridized carbons (Fsp3) is 0.278. The molecule has 2 heterocycles. The van der Waals surface area contributed by atoms with Crippen LogP contribution in [0.3, 0.4) is 0 Å². The van der Waals surface area contributed by atoms with Gasteiger partial charge in [-0.15, -0.1) is 0 Å². The molecule has 1 N–H and O–H groups in total. The quantitative estimate of drug-likeness (QED) is 0.750. The molecule has 4 aliphatic rings. The van der Waals surface area contributed by atoms with Gasteiger partial charge in [-0.1, -0.05) is 36.4 Å². The van der Waals surface area contributed by atoms with Crippen LogP contribution in [-0.2, 0) is 0 Å². The number of rotatable bonds is 0. The number of anilines is 1. The normalized spacial score (nSPS) is 34.9. The highest BCUT2D eigenvalue weighted by atomic mass is 15.0. The summed E-state index contributed by atoms with van der Waals surface area (Å²) >= 11 is 0. The third kappa shape index (κ3) is 1.26. The van der Waals surface area contributed by atoms with Gasteiger partial charge in [0.15, 0.2) is 0 Å². The molecule has 1 aromatic carbocycles. The Bertz CT molecular complexity index is 708. The number of nitrogens with one attached hydrogen (secondary N) is 1. The van der Waals surface area contributed by atoms with Crippen LogP contribution >= 0.6 is 0 Å². The van der Waals surface area contributed by atoms with Crippen LogP contribution in [0.1, 0.15) is 17.9 Å². The summed E-state index contributed by atoms with van der Waals surface area (Å²) in [5, 5.41) is 3.79. The third-order valence-corrected chi connectivity index (χ3v) is 5.12. The van der Waals surface area contributed by atoms with Crippen molar-refractivity contribution < 1.29 is 0 Å². The maximum absolute atomic E-state index is 4.58. The SMILES string of the molecule is C1=CC2=CC3C4CC=Nc5cccc(c54)NC3C2C=C1. The van der Waals surface area contributed by atoms with Crippen molar-refractivity contribution in [3.8, 4) is 0 Å². The molecule has 0 bridgehead atoms. The fourth-order valence-corrected chi connectivity index (χ4v) is 4.28. The molecule has 0 saturated heterocycles. The molecule has 4 unspecified atom stereocenters. The topological polar surface area (TPSA) is 24.4 Å². The molecule has 2 nitrogen and oxygen atoms in total. The Hall–Kier alpha value is -2.09. The summed E-state index contributed by atoms with van der Waals surface area (Å²) in [6.07, 6.45) is 14.6. The Morgan fingerprint density at radius 1 is 1.20 bits per heavy atom. The van der Waals surface area contributed by atoms with Gasteiger partial charge in [-0.2, -0.15) is 0 Å². The van der Waals surface area contributed by atoms with E-state index in [4.69, 9.17) is 0 Å². The lowest BCUT2D eigenvalue weighted by molar-refractivity contribution is 0.420. The van der Waals surface area contributed by atoms with E-state index in [-0.39, 0.29) is 0 Å². The van der Waals surface area contributed by atoms with Crippen molar-refractivity contribution in [2.24, 2.45) is 16.8 Å². The predicted octanol–water partition coefficient (Wildman–Crippen LogP) is 3.97. The fourth-order valence-electron chi connectivity index (χ4n) is 4.28. The zero-order valence-corrected chi connectivity index (χ0v) is 11.2. The average Bonchev–Trinajstić information content (AvgIpc) is 2.87. The van der Waals surface area contributed by atoms with Crippen molar-refractivity contribution >= 4 is 17.6 Å². The standard InChI is InChI=1S/C18H16N2/c1-2-5-12-11(4-1)10-14-13-8-9-19-15-6-3-7-16(17(13)15)20-18(12)14/h1-7,9-10,12-14,18,20H,8H2. The number of benzene rings is 1. The molecular formula is C18H16N2. The molecule has 4 atom stereocenters. The minimum atomic E-state index is 0.505. The van der Waals surface area contributed by atoms with E-state index in [0.29, 0.717) is 23.8 Å². The van der Waals surface area contributed by atoms with E-state index in [9.17, 15) is 0 Å². The molecule has 98 valence electrons. The summed E-state index contributed by atoms with van der Waals surface area (Å²) in [4.78, 5) is 4.58. The average molecular weight is 260 g/mol. The first-order valence-corrected chi connectivity index (χ1v) is 7.40. The first kappa shape index (κ1) is 10.7. The van der Waals surface area contributed by atoms with Crippen LogP contribution in [0.15, 0.2) is 59.1 Å². The molecule has 2 aliphatic carbocycles. The minimum absolute atomic E-state index is 0.505. The zero-order chi connectivity index (χ0) is 13.1. The highest BCUT2D eigenvalue weighted by molar-refractivity contribution is 5.78. The second kappa shape index (κ2) is 3.72. The van der Waals surface area contributed by atoms with Crippen LogP contribution in [-0.4, -0.2) is 12.3 Å². The van der Waals surface area contributed by atoms with E-state index >= 15 is 0 Å². The molecule has 1 aromatic rings. The summed E-state index contributed by atoms with van der Waals surface area (Å²) in [7, 11) is 0. The van der Waals surface area contributed by atoms with Gasteiger partial charge in [0.25, 0.3) is 0 Å². The molecule has 2 aliphatic heterocycles. The smallest absolute Gasteiger partial charge is 0.0681 e. The van der Waals surface area contributed by atoms with Gasteiger partial charge in [0.1, 0.15) is 0 Å². The second-order valence-electron chi connectivity index (χ2n) is 6.08. The summed E-state index contributed by atoms with van der Waals surface area (Å²) in [6, 6.07) is 6.97. The number of hydrogen-bond donors (Lipinski definition) is 1. The number of fused-ring (bicyclic) bond motifs is 4. The molecule has 0 radical (unpaired) electrons. The van der Waals surface area contributed by atoms with Crippen LogP contribution in [0.4, 0.5) is 11.4 Å². The lowest BCUT2D eigenvalue weighted by atomic mass is 9.74. The van der Waals surface area contributed by atoms with Gasteiger partial charge < -0.3 is 5.32 Å². The molecule has 0 amide bonds. The predicted molar refractivity (Wildman–Crippen MR) is 82.7 cm³/mol. The van der Waals surface area contributed by atoms with Crippen LogP contribution in [0.5, 0.6) is 0 Å². The monoisotopic (exact) mass is 260 g/mol. The molecule has 2 heteroatoms. The second-order valence-corrected chi connectivity index (χ2v) is 6.08. The molecule has 0 fully saturated rings. The maximum atomic E-state index is 4.58. The van der Waals surface area contributed by atoms with Crippen molar-refractivity contribution in [1.29, 1.82) is 0 Å². The molecule has 0 saturated carbocycles. The first-order chi connectivity index (χ1) is 9.92. The highest BCUT2D eigenvalue weighted by Crippen LogP contribution is 2.52. The molecule has 0 spiro atoms. The number of hydrogen-bond acceptors (Lipinski definition) is 2. The van der Waals surface area contributed by atoms with Crippen LogP contribution in [0.25, 0.3) is 0 Å². The van der Waals surface area contributed by atoms with Gasteiger partial charge in [-0.05, 0) is 24.1 Å². The van der Waals surface area contributed by atoms with E-state index in [1.54, 1.807) is 0 Å². The lowest BCUT2D eigenvalue weighted by Crippen LogP contribution is -2.39. The Morgan fingerprint density at radius 2 is 2.20 bits per heavy atom. The van der Waals surface area contributed by atoms with E-state index in [2.05, 4.69) is 65.1 Å². The molecular weight excluding hydrogens is 244 g/mol. The van der Waals surface area contributed by atoms with Crippen molar-refractivity contribution in [2.75, 3.05) is 5.32 Å². The van der Waals surface area contributed by atoms with Crippen LogP contribution in [0, 0.1) is 11.8 Å². The number of nitrogens with zero attached hydrogens (tertiary/aromatic N) is 1. The van der Waals surface area contributed by atoms with Crippen molar-refractivity contribution in [3.63, 3.8) is 0 Å². The van der Waals surface area contributed by atoms with Gasteiger partial charge in [-0.25, -0.2) is 0 Å². The van der Waals surface area contributed by atoms with Crippen LogP contribution < -0.4 is 5.32 Å². The van der Waals surface area contributed by atoms with Crippen molar-refractivity contribution in [1.82, 2.24) is 0 Å². The zero-order valence-electron chi connectivity index (χ0n) is 11.2. The summed E-state index contributed by atoms with van der Waals surface area (Å²) in [5.74, 6) is 1.70. The Morgan fingerprint density at radius 3 is 3.20 bits per heavy atom. The third-order valence-electron chi connectivity index (χ3n) is 5.12. The van der Waals surface area contributed by atoms with Gasteiger partial charge >= 0.3 is 0 Å². The van der Waals surface area contributed by atoms with Gasteiger partial charge in [0, 0.05) is 41.3 Å². The molecule has 0 aromatic heterocycles. The Balaban J connectivity index is 1.68. The lowest BCUT2D eigenvalue weighted by Gasteiger charge is -2.40. The van der Waals surface area contributed by atoms with Crippen molar-refractivity contribution in [2.45, 2.75) is 18.4 Å². The summed E-state index contributed by atoms with van der Waals surface area (Å²) < 4.78 is 0. The minimum Gasteiger partial charge on any atom is -0.380 e.